The zero-order chi connectivity index (χ0) is 96.6. The molecule has 770 valence electrons. The summed E-state index contributed by atoms with van der Waals surface area (Å²) in [5.41, 5.74) is 0. The van der Waals surface area contributed by atoms with E-state index >= 15 is 0 Å². The van der Waals surface area contributed by atoms with Crippen LogP contribution in [-0.4, -0.2) is 434 Å². The molecule has 0 aromatic rings. The van der Waals surface area contributed by atoms with Gasteiger partial charge in [0.25, 0.3) is 0 Å². The maximum atomic E-state index is 13.7. The van der Waals surface area contributed by atoms with Gasteiger partial charge in [0.05, 0.1) is 70.6 Å². The third-order valence-corrected chi connectivity index (χ3v) is 25.9. The highest BCUT2D eigenvalue weighted by molar-refractivity contribution is 5.76. The number of aliphatic hydroxyl groups is 22. The van der Waals surface area contributed by atoms with Crippen molar-refractivity contribution in [2.45, 2.75) is 479 Å². The van der Waals surface area contributed by atoms with Crippen LogP contribution in [0.2, 0.25) is 0 Å². The average Bonchev–Trinajstić information content (AvgIpc) is 0.742. The monoisotopic (exact) mass is 1910 g/mol. The highest BCUT2D eigenvalue weighted by atomic mass is 16.8. The first-order valence-corrected chi connectivity index (χ1v) is 47.7. The van der Waals surface area contributed by atoms with Crippen LogP contribution in [0.25, 0.3) is 0 Å². The summed E-state index contributed by atoms with van der Waals surface area (Å²) in [6, 6.07) is -5.08. The molecule has 16 unspecified atom stereocenters. The Morgan fingerprint density at radius 3 is 0.985 bits per heavy atom. The number of ether oxygens (including phenoxy) is 16. The molecule has 0 radical (unpaired) electrons. The number of allylic oxidation sites excluding steroid dienone is 1. The van der Waals surface area contributed by atoms with Gasteiger partial charge in [0.1, 0.15) is 183 Å². The Bertz CT molecular complexity index is 3230. The van der Waals surface area contributed by atoms with Crippen molar-refractivity contribution in [3.63, 3.8) is 0 Å². The summed E-state index contributed by atoms with van der Waals surface area (Å²) in [6.07, 6.45) is -43.8. The van der Waals surface area contributed by atoms with Crippen molar-refractivity contribution in [3.05, 3.63) is 12.2 Å². The molecule has 8 rings (SSSR count). The van der Waals surface area contributed by atoms with E-state index in [1.165, 1.54) is 117 Å². The largest absolute Gasteiger partial charge is 0.394 e. The lowest BCUT2D eigenvalue weighted by Crippen LogP contribution is -2.72. The Kier molecular flexibility index (Phi) is 50.2. The minimum absolute atomic E-state index is 0.141. The van der Waals surface area contributed by atoms with E-state index in [-0.39, 0.29) is 12.3 Å². The van der Waals surface area contributed by atoms with Gasteiger partial charge in [-0.05, 0) is 33.1 Å². The molecule has 0 spiro atoms. The third-order valence-electron chi connectivity index (χ3n) is 25.9. The number of nitrogens with one attached hydrogen (secondary N) is 3. The van der Waals surface area contributed by atoms with E-state index in [1.54, 1.807) is 6.08 Å². The summed E-state index contributed by atoms with van der Waals surface area (Å²) < 4.78 is 97.7. The molecule has 0 aliphatic carbocycles. The van der Waals surface area contributed by atoms with E-state index in [4.69, 9.17) is 75.8 Å². The number of hydrogen-bond acceptors (Lipinski definition) is 41. The minimum atomic E-state index is -2.46. The Morgan fingerprint density at radius 1 is 0.311 bits per heavy atom. The first-order valence-electron chi connectivity index (χ1n) is 47.7. The number of rotatable bonds is 56. The second kappa shape index (κ2) is 58.1. The van der Waals surface area contributed by atoms with Crippen LogP contribution in [0.4, 0.5) is 0 Å². The normalized spacial score (nSPS) is 40.4. The lowest BCUT2D eigenvalue weighted by molar-refractivity contribution is -0.400. The van der Waals surface area contributed by atoms with Crippen molar-refractivity contribution < 1.29 is 203 Å². The van der Waals surface area contributed by atoms with Gasteiger partial charge in [-0.3, -0.25) is 14.4 Å². The molecular formula is C88H157N3O41. The van der Waals surface area contributed by atoms with Gasteiger partial charge in [-0.2, -0.15) is 0 Å². The summed E-state index contributed by atoms with van der Waals surface area (Å²) in [4.78, 5) is 40.8. The number of amides is 3. The predicted octanol–water partition coefficient (Wildman–Crippen LogP) is -4.72. The summed E-state index contributed by atoms with van der Waals surface area (Å²) in [6.45, 7) is 1.77. The smallest absolute Gasteiger partial charge is 0.220 e. The molecule has 44 nitrogen and oxygen atoms in total. The molecule has 132 heavy (non-hydrogen) atoms. The minimum Gasteiger partial charge on any atom is -0.394 e. The Balaban J connectivity index is 1.00. The molecule has 8 fully saturated rings. The van der Waals surface area contributed by atoms with E-state index in [0.717, 1.165) is 71.6 Å². The van der Waals surface area contributed by atoms with Crippen molar-refractivity contribution in [2.24, 2.45) is 0 Å². The molecule has 44 heteroatoms. The van der Waals surface area contributed by atoms with Gasteiger partial charge in [0.15, 0.2) is 50.3 Å². The molecular weight excluding hydrogens is 1750 g/mol. The van der Waals surface area contributed by atoms with Gasteiger partial charge >= 0.3 is 0 Å². The van der Waals surface area contributed by atoms with Crippen LogP contribution in [0.1, 0.15) is 221 Å². The van der Waals surface area contributed by atoms with Crippen LogP contribution >= 0.6 is 0 Å². The van der Waals surface area contributed by atoms with Gasteiger partial charge in [-0.15, -0.1) is 0 Å². The topological polar surface area (TPSA) is 680 Å². The summed E-state index contributed by atoms with van der Waals surface area (Å²) in [5, 5.41) is 257. The van der Waals surface area contributed by atoms with Crippen LogP contribution in [0.5, 0.6) is 0 Å². The van der Waals surface area contributed by atoms with Crippen molar-refractivity contribution in [3.8, 4) is 0 Å². The lowest BCUT2D eigenvalue weighted by atomic mass is 9.93. The molecule has 8 aliphatic rings. The van der Waals surface area contributed by atoms with Gasteiger partial charge in [-0.1, -0.05) is 180 Å². The second-order valence-corrected chi connectivity index (χ2v) is 36.2. The van der Waals surface area contributed by atoms with Gasteiger partial charge in [0, 0.05) is 20.3 Å². The average molecular weight is 1910 g/mol. The molecule has 0 aromatic heterocycles. The zero-order valence-corrected chi connectivity index (χ0v) is 76.7. The van der Waals surface area contributed by atoms with E-state index in [1.807, 2.05) is 6.08 Å². The van der Waals surface area contributed by atoms with E-state index in [0.29, 0.717) is 12.8 Å². The van der Waals surface area contributed by atoms with Gasteiger partial charge in [0.2, 0.25) is 17.7 Å². The molecule has 8 aliphatic heterocycles. The maximum Gasteiger partial charge on any atom is 0.220 e. The molecule has 0 saturated carbocycles. The molecule has 3 amide bonds. The van der Waals surface area contributed by atoms with E-state index in [2.05, 4.69) is 29.8 Å². The van der Waals surface area contributed by atoms with Crippen molar-refractivity contribution in [1.29, 1.82) is 0 Å². The van der Waals surface area contributed by atoms with Crippen molar-refractivity contribution >= 4 is 17.7 Å². The van der Waals surface area contributed by atoms with Crippen LogP contribution in [-0.2, 0) is 90.2 Å². The fraction of sp³-hybridized carbons (Fsp3) is 0.943. The predicted molar refractivity (Wildman–Crippen MR) is 456 cm³/mol. The molecule has 8 heterocycles. The number of carbonyl (C=O) groups is 3. The molecule has 42 atom stereocenters. The Morgan fingerprint density at radius 2 is 0.606 bits per heavy atom. The summed E-state index contributed by atoms with van der Waals surface area (Å²) in [5.74, 6) is -2.30. The lowest BCUT2D eigenvalue weighted by Gasteiger charge is -2.52. The van der Waals surface area contributed by atoms with Gasteiger partial charge < -0.3 is 204 Å². The fourth-order valence-corrected chi connectivity index (χ4v) is 17.9. The van der Waals surface area contributed by atoms with Crippen molar-refractivity contribution in [2.75, 3.05) is 46.2 Å². The quantitative estimate of drug-likeness (QED) is 0.0201. The number of carbonyl (C=O) groups excluding carboxylic acids is 3. The van der Waals surface area contributed by atoms with E-state index < -0.39 is 316 Å². The van der Waals surface area contributed by atoms with Crippen LogP contribution in [0.15, 0.2) is 12.2 Å². The zero-order valence-electron chi connectivity index (χ0n) is 76.7. The van der Waals surface area contributed by atoms with Crippen LogP contribution in [0, 0.1) is 0 Å². The molecule has 25 N–H and O–H groups in total. The second-order valence-electron chi connectivity index (χ2n) is 36.2. The van der Waals surface area contributed by atoms with E-state index in [9.17, 15) is 127 Å². The number of aliphatic hydroxyl groups excluding tert-OH is 22. The molecule has 8 saturated heterocycles. The van der Waals surface area contributed by atoms with Crippen LogP contribution in [0.3, 0.4) is 0 Å². The summed E-state index contributed by atoms with van der Waals surface area (Å²) >= 11 is 0. The SMILES string of the molecule is CCCCCCCCCCCCC/C=C/[C@@H](O)[C@H](CO[C@@H]1OC(CO)[C@@H](O[C@@H]2OC(CO)[C@H](O)[C@H](O[C@@H]3OC(CO)[C@@H](O[C@@H]4OC(CO)[C@H](O)[C@H](O[C@@H]5OC(CO)[C@@H](O[C@H]6OC(C)[C@@H](O)C(O)[C@@H]6O)[C@H](O[C@@H]6OC(CO)[C@H](O)[C@H](O)C6O)C5NC(C)=O)C4O)[C@H](O[C@H]4OC(C)[C@@H](O)C(O)[C@@H]4O)C3NC(C)=O)C2O)[C@H](O)C1O)NC(=O)CCCCCCCCCCCCCCCCC. The number of hydrogen-bond donors (Lipinski definition) is 25. The molecule has 0 aromatic carbocycles. The third kappa shape index (κ3) is 32.1. The first-order chi connectivity index (χ1) is 63.2. The van der Waals surface area contributed by atoms with Crippen molar-refractivity contribution in [1.82, 2.24) is 16.0 Å². The van der Waals surface area contributed by atoms with Gasteiger partial charge in [-0.25, -0.2) is 0 Å². The highest BCUT2D eigenvalue weighted by Crippen LogP contribution is 2.41. The number of unbranched alkanes of at least 4 members (excludes halogenated alkanes) is 25. The van der Waals surface area contributed by atoms with Crippen LogP contribution < -0.4 is 16.0 Å². The molecule has 0 bridgehead atoms. The standard InChI is InChI=1S/C88H157N3O41/c1-7-9-11-13-15-17-19-21-22-24-26-28-30-32-34-36-56(101)91-48(49(100)35-33-31-29-27-25-23-20-18-16-14-12-10-8-2)43-117-83-71(114)67(110)74(53(40-95)125-83)126-87-72(115)79(62(105)51(38-93)121-87)131-81-57(89-46(5)98)77(129-85-69(112)65(108)60(103)45(4)119-85)76(55(42-97)124-81)128-88-73(116)80(63(106)52(39-94)122-88)132-82-58(90-47(6)99)78(130-86-70(113)66(109)61(104)50(37-92)120-86)75(54(41-96)123-82)127-84-68(111)64(107)59(102)44(3)118-84/h33,35,44-45,48-55,57-88,92-97,100,102-116H,7-32,34,36-43H2,1-6H3,(H,89,98)(H,90,99)(H,91,101)/b35-33+/t44?,45?,48-,49+,50?,51?,52?,53?,54?,55?,57?,58?,59+,60+,61-,62-,63-,64?,65?,66-,67+,68-,69-,70?,71?,72?,73?,74+,75+,76+,77+,78+,79-,80-,81-,82-,83+,84+,85+,86-,87-,88-/m0/s1. The Hall–Kier alpha value is -3.37. The Labute approximate surface area is 770 Å². The first kappa shape index (κ1) is 114. The fourth-order valence-electron chi connectivity index (χ4n) is 17.9. The maximum absolute atomic E-state index is 13.7. The summed E-state index contributed by atoms with van der Waals surface area (Å²) in [7, 11) is 0. The highest BCUT2D eigenvalue weighted by Gasteiger charge is 2.61.